The summed E-state index contributed by atoms with van der Waals surface area (Å²) in [7, 11) is 1.70. The molecule has 158 valence electrons. The zero-order chi connectivity index (χ0) is 21.7. The molecule has 2 heterocycles. The van der Waals surface area contributed by atoms with Crippen molar-refractivity contribution in [3.63, 3.8) is 0 Å². The number of amides is 3. The summed E-state index contributed by atoms with van der Waals surface area (Å²) in [6, 6.07) is 11.1. The molecule has 2 N–H and O–H groups in total. The van der Waals surface area contributed by atoms with Crippen molar-refractivity contribution in [2.75, 3.05) is 25.0 Å². The molecule has 0 saturated carbocycles. The Morgan fingerprint density at radius 1 is 1.23 bits per heavy atom. The lowest BCUT2D eigenvalue weighted by Gasteiger charge is -2.31. The first-order valence-electron chi connectivity index (χ1n) is 10.3. The zero-order valence-electron chi connectivity index (χ0n) is 17.7. The van der Waals surface area contributed by atoms with Crippen LogP contribution in [-0.4, -0.2) is 46.3 Å². The summed E-state index contributed by atoms with van der Waals surface area (Å²) < 4.78 is 1.51. The normalized spacial score (nSPS) is 14.4. The van der Waals surface area contributed by atoms with Crippen LogP contribution in [0.15, 0.2) is 30.3 Å². The third-order valence-electron chi connectivity index (χ3n) is 5.30. The second kappa shape index (κ2) is 9.44. The maximum Gasteiger partial charge on any atom is 0.320 e. The average Bonchev–Trinajstić information content (AvgIpc) is 3.12. The number of aromatic nitrogens is 2. The van der Waals surface area contributed by atoms with Crippen molar-refractivity contribution >= 4 is 17.8 Å². The van der Waals surface area contributed by atoms with Gasteiger partial charge >= 0.3 is 6.03 Å². The number of benzene rings is 1. The lowest BCUT2D eigenvalue weighted by molar-refractivity contribution is 0.0706. The standard InChI is InChI=1S/C22H28N6O2/c1-15(2)14-24-22(30)25-20-12-19(26-27(20)3)21(29)28-10-8-18(9-11-28)17-6-4-16(13-23)5-7-17/h4-7,12,15,18H,8-11,14H2,1-3H3,(H2,24,25,30). The van der Waals surface area contributed by atoms with Crippen molar-refractivity contribution in [1.29, 1.82) is 5.26 Å². The van der Waals surface area contributed by atoms with Gasteiger partial charge in [-0.1, -0.05) is 26.0 Å². The highest BCUT2D eigenvalue weighted by Gasteiger charge is 2.26. The van der Waals surface area contributed by atoms with Crippen LogP contribution in [0, 0.1) is 17.2 Å². The molecule has 1 aliphatic rings. The zero-order valence-corrected chi connectivity index (χ0v) is 17.7. The summed E-state index contributed by atoms with van der Waals surface area (Å²) in [6.07, 6.45) is 1.74. The first-order chi connectivity index (χ1) is 14.4. The largest absolute Gasteiger partial charge is 0.338 e. The average molecular weight is 409 g/mol. The topological polar surface area (TPSA) is 103 Å². The molecule has 2 aromatic rings. The third-order valence-corrected chi connectivity index (χ3v) is 5.30. The number of hydrogen-bond donors (Lipinski definition) is 2. The smallest absolute Gasteiger partial charge is 0.320 e. The van der Waals surface area contributed by atoms with Gasteiger partial charge in [-0.3, -0.25) is 14.8 Å². The van der Waals surface area contributed by atoms with Gasteiger partial charge in [-0.15, -0.1) is 0 Å². The van der Waals surface area contributed by atoms with Crippen LogP contribution in [0.25, 0.3) is 0 Å². The number of nitrogens with zero attached hydrogens (tertiary/aromatic N) is 4. The van der Waals surface area contributed by atoms with Gasteiger partial charge in [0, 0.05) is 32.7 Å². The SMILES string of the molecule is CC(C)CNC(=O)Nc1cc(C(=O)N2CCC(c3ccc(C#N)cc3)CC2)nn1C. The van der Waals surface area contributed by atoms with Gasteiger partial charge < -0.3 is 10.2 Å². The monoisotopic (exact) mass is 408 g/mol. The van der Waals surface area contributed by atoms with E-state index in [9.17, 15) is 9.59 Å². The van der Waals surface area contributed by atoms with Crippen molar-refractivity contribution < 1.29 is 9.59 Å². The van der Waals surface area contributed by atoms with Crippen LogP contribution in [0.5, 0.6) is 0 Å². The molecule has 0 atom stereocenters. The molecule has 30 heavy (non-hydrogen) atoms. The fourth-order valence-electron chi connectivity index (χ4n) is 3.55. The summed E-state index contributed by atoms with van der Waals surface area (Å²) >= 11 is 0. The van der Waals surface area contributed by atoms with Gasteiger partial charge in [-0.2, -0.15) is 10.4 Å². The molecule has 1 aliphatic heterocycles. The van der Waals surface area contributed by atoms with Crippen LogP contribution in [0.1, 0.15) is 54.2 Å². The molecule has 1 aromatic carbocycles. The fourth-order valence-corrected chi connectivity index (χ4v) is 3.55. The van der Waals surface area contributed by atoms with Crippen LogP contribution < -0.4 is 10.6 Å². The van der Waals surface area contributed by atoms with Crippen molar-refractivity contribution in [3.05, 3.63) is 47.2 Å². The summed E-state index contributed by atoms with van der Waals surface area (Å²) in [5.74, 6) is 1.09. The van der Waals surface area contributed by atoms with Gasteiger partial charge in [0.2, 0.25) is 0 Å². The molecule has 0 radical (unpaired) electrons. The Bertz CT molecular complexity index is 934. The Kier molecular flexibility index (Phi) is 6.72. The summed E-state index contributed by atoms with van der Waals surface area (Å²) in [6.45, 7) is 5.91. The molecule has 0 spiro atoms. The number of urea groups is 1. The first-order valence-corrected chi connectivity index (χ1v) is 10.3. The number of anilines is 1. The lowest BCUT2D eigenvalue weighted by Crippen LogP contribution is -2.38. The third kappa shape index (κ3) is 5.17. The number of hydrogen-bond acceptors (Lipinski definition) is 4. The van der Waals surface area contributed by atoms with E-state index in [2.05, 4.69) is 21.8 Å². The van der Waals surface area contributed by atoms with E-state index >= 15 is 0 Å². The molecular weight excluding hydrogens is 380 g/mol. The highest BCUT2D eigenvalue weighted by molar-refractivity contribution is 5.95. The summed E-state index contributed by atoms with van der Waals surface area (Å²) in [5.41, 5.74) is 2.19. The number of rotatable bonds is 5. The van der Waals surface area contributed by atoms with E-state index in [1.54, 1.807) is 13.1 Å². The van der Waals surface area contributed by atoms with E-state index < -0.39 is 0 Å². The fraction of sp³-hybridized carbons (Fsp3) is 0.455. The van der Waals surface area contributed by atoms with Crippen molar-refractivity contribution in [2.24, 2.45) is 13.0 Å². The molecule has 1 fully saturated rings. The second-order valence-corrected chi connectivity index (χ2v) is 8.07. The van der Waals surface area contributed by atoms with Crippen molar-refractivity contribution in [2.45, 2.75) is 32.6 Å². The van der Waals surface area contributed by atoms with E-state index in [-0.39, 0.29) is 11.9 Å². The van der Waals surface area contributed by atoms with Gasteiger partial charge in [-0.25, -0.2) is 4.79 Å². The number of likely N-dealkylation sites (tertiary alicyclic amines) is 1. The number of aryl methyl sites for hydroxylation is 1. The number of piperidine rings is 1. The maximum absolute atomic E-state index is 12.9. The van der Waals surface area contributed by atoms with Gasteiger partial charge in [0.1, 0.15) is 5.82 Å². The molecule has 1 aromatic heterocycles. The quantitative estimate of drug-likeness (QED) is 0.793. The highest BCUT2D eigenvalue weighted by atomic mass is 16.2. The van der Waals surface area contributed by atoms with Crippen LogP contribution >= 0.6 is 0 Å². The van der Waals surface area contributed by atoms with E-state index in [0.717, 1.165) is 12.8 Å². The Morgan fingerprint density at radius 2 is 1.90 bits per heavy atom. The Balaban J connectivity index is 1.57. The summed E-state index contributed by atoms with van der Waals surface area (Å²) in [4.78, 5) is 26.7. The number of nitriles is 1. The van der Waals surface area contributed by atoms with Gasteiger partial charge in [-0.05, 0) is 42.4 Å². The predicted octanol–water partition coefficient (Wildman–Crippen LogP) is 3.09. The lowest BCUT2D eigenvalue weighted by atomic mass is 9.89. The number of carbonyl (C=O) groups is 2. The van der Waals surface area contributed by atoms with E-state index in [1.807, 2.05) is 43.0 Å². The minimum Gasteiger partial charge on any atom is -0.338 e. The summed E-state index contributed by atoms with van der Waals surface area (Å²) in [5, 5.41) is 18.7. The number of nitrogens with one attached hydrogen (secondary N) is 2. The molecule has 1 saturated heterocycles. The molecule has 0 unspecified atom stereocenters. The molecule has 8 heteroatoms. The predicted molar refractivity (Wildman–Crippen MR) is 114 cm³/mol. The van der Waals surface area contributed by atoms with Crippen molar-refractivity contribution in [3.8, 4) is 6.07 Å². The Hall–Kier alpha value is -3.34. The minimum absolute atomic E-state index is 0.125. The second-order valence-electron chi connectivity index (χ2n) is 8.07. The van der Waals surface area contributed by atoms with Crippen LogP contribution in [0.4, 0.5) is 10.6 Å². The van der Waals surface area contributed by atoms with Crippen molar-refractivity contribution in [1.82, 2.24) is 20.0 Å². The highest BCUT2D eigenvalue weighted by Crippen LogP contribution is 2.29. The molecule has 3 amide bonds. The molecule has 0 aliphatic carbocycles. The van der Waals surface area contributed by atoms with E-state index in [4.69, 9.17) is 5.26 Å². The van der Waals surface area contributed by atoms with Crippen LogP contribution in [-0.2, 0) is 7.05 Å². The van der Waals surface area contributed by atoms with Crippen LogP contribution in [0.2, 0.25) is 0 Å². The molecule has 3 rings (SSSR count). The van der Waals surface area contributed by atoms with Gasteiger partial charge in [0.25, 0.3) is 5.91 Å². The molecular formula is C22H28N6O2. The van der Waals surface area contributed by atoms with Crippen LogP contribution in [0.3, 0.4) is 0 Å². The maximum atomic E-state index is 12.9. The minimum atomic E-state index is -0.311. The molecule has 8 nitrogen and oxygen atoms in total. The van der Waals surface area contributed by atoms with Gasteiger partial charge in [0.15, 0.2) is 5.69 Å². The Labute approximate surface area is 176 Å². The number of carbonyl (C=O) groups excluding carboxylic acids is 2. The van der Waals surface area contributed by atoms with Gasteiger partial charge in [0.05, 0.1) is 11.6 Å². The van der Waals surface area contributed by atoms with E-state index in [1.165, 1.54) is 10.2 Å². The van der Waals surface area contributed by atoms with E-state index in [0.29, 0.717) is 48.5 Å². The molecule has 0 bridgehead atoms. The first kappa shape index (κ1) is 21.4. The Morgan fingerprint density at radius 3 is 2.50 bits per heavy atom.